The summed E-state index contributed by atoms with van der Waals surface area (Å²) in [5.41, 5.74) is 0.975. The molecule has 3 aromatic rings. The summed E-state index contributed by atoms with van der Waals surface area (Å²) in [4.78, 5) is 42.2. The fraction of sp³-hybridized carbons (Fsp3) is 0.381. The van der Waals surface area contributed by atoms with Gasteiger partial charge in [-0.2, -0.15) is 0 Å². The summed E-state index contributed by atoms with van der Waals surface area (Å²) in [5.74, 6) is 1.79. The summed E-state index contributed by atoms with van der Waals surface area (Å²) in [6.07, 6.45) is 7.90. The lowest BCUT2D eigenvalue weighted by molar-refractivity contribution is 0.0723. The first-order valence-corrected chi connectivity index (χ1v) is 10.1. The number of rotatable bonds is 2. The van der Waals surface area contributed by atoms with E-state index in [1.165, 1.54) is 17.3 Å². The summed E-state index contributed by atoms with van der Waals surface area (Å²) in [6, 6.07) is 3.54. The Morgan fingerprint density at radius 3 is 2.70 bits per heavy atom. The molecule has 154 valence electrons. The van der Waals surface area contributed by atoms with E-state index < -0.39 is 0 Å². The molecule has 0 bridgehead atoms. The number of piperidine rings is 1. The van der Waals surface area contributed by atoms with E-state index in [2.05, 4.69) is 15.0 Å². The molecule has 0 N–H and O–H groups in total. The molecule has 2 aliphatic rings. The highest BCUT2D eigenvalue weighted by Gasteiger charge is 2.26. The van der Waals surface area contributed by atoms with Gasteiger partial charge in [-0.15, -0.1) is 0 Å². The maximum Gasteiger partial charge on any atom is 0.262 e. The first-order valence-electron chi connectivity index (χ1n) is 10.1. The van der Waals surface area contributed by atoms with Crippen LogP contribution in [-0.4, -0.2) is 56.6 Å². The van der Waals surface area contributed by atoms with Gasteiger partial charge in [0.15, 0.2) is 11.6 Å². The maximum absolute atomic E-state index is 12.8. The van der Waals surface area contributed by atoms with Crippen molar-refractivity contribution in [1.82, 2.24) is 24.4 Å². The summed E-state index contributed by atoms with van der Waals surface area (Å²) in [7, 11) is 1.66. The molecule has 30 heavy (non-hydrogen) atoms. The predicted octanol–water partition coefficient (Wildman–Crippen LogP) is 1.88. The number of ether oxygens (including phenoxy) is 1. The van der Waals surface area contributed by atoms with Crippen molar-refractivity contribution in [3.8, 4) is 5.75 Å². The van der Waals surface area contributed by atoms with Gasteiger partial charge in [0, 0.05) is 38.6 Å². The first-order chi connectivity index (χ1) is 14.6. The normalized spacial score (nSPS) is 16.3. The summed E-state index contributed by atoms with van der Waals surface area (Å²) >= 11 is 0. The van der Waals surface area contributed by atoms with Crippen LogP contribution in [0, 0.1) is 0 Å². The van der Waals surface area contributed by atoms with Crippen LogP contribution >= 0.6 is 0 Å². The summed E-state index contributed by atoms with van der Waals surface area (Å²) in [6.45, 7) is 2.58. The van der Waals surface area contributed by atoms with Crippen molar-refractivity contribution in [1.29, 1.82) is 0 Å². The molecule has 0 unspecified atom stereocenters. The van der Waals surface area contributed by atoms with Gasteiger partial charge in [-0.25, -0.2) is 15.0 Å². The maximum atomic E-state index is 12.8. The number of amides is 1. The van der Waals surface area contributed by atoms with Crippen molar-refractivity contribution >= 4 is 28.4 Å². The Balaban J connectivity index is 1.48. The van der Waals surface area contributed by atoms with Crippen LogP contribution in [0.5, 0.6) is 5.75 Å². The van der Waals surface area contributed by atoms with Crippen molar-refractivity contribution in [3.63, 3.8) is 0 Å². The molecule has 5 heterocycles. The topological polar surface area (TPSA) is 93.4 Å². The zero-order valence-electron chi connectivity index (χ0n) is 16.7. The lowest BCUT2D eigenvalue weighted by atomic mass is 10.1. The quantitative estimate of drug-likeness (QED) is 0.641. The molecule has 0 saturated carbocycles. The predicted molar refractivity (Wildman–Crippen MR) is 111 cm³/mol. The van der Waals surface area contributed by atoms with Gasteiger partial charge >= 0.3 is 0 Å². The number of fused-ring (bicyclic) bond motifs is 2. The van der Waals surface area contributed by atoms with E-state index >= 15 is 0 Å². The van der Waals surface area contributed by atoms with Crippen LogP contribution < -0.4 is 15.2 Å². The highest BCUT2D eigenvalue weighted by molar-refractivity contribution is 5.95. The second-order valence-corrected chi connectivity index (χ2v) is 7.62. The number of nitrogens with zero attached hydrogens (tertiary/aromatic N) is 6. The van der Waals surface area contributed by atoms with Gasteiger partial charge in [0.25, 0.3) is 11.5 Å². The molecule has 1 fully saturated rings. The molecule has 2 aliphatic heterocycles. The fourth-order valence-electron chi connectivity index (χ4n) is 3.96. The number of hydrogen-bond donors (Lipinski definition) is 0. The zero-order valence-corrected chi connectivity index (χ0v) is 16.7. The van der Waals surface area contributed by atoms with Gasteiger partial charge in [-0.3, -0.25) is 9.59 Å². The van der Waals surface area contributed by atoms with Crippen molar-refractivity contribution in [2.24, 2.45) is 7.05 Å². The number of carbonyl (C=O) groups excluding carboxylic acids is 1. The van der Waals surface area contributed by atoms with Crippen molar-refractivity contribution in [2.75, 3.05) is 31.1 Å². The van der Waals surface area contributed by atoms with Crippen LogP contribution in [0.25, 0.3) is 10.9 Å². The molecule has 0 aliphatic carbocycles. The average molecular weight is 406 g/mol. The fourth-order valence-corrected chi connectivity index (χ4v) is 3.96. The average Bonchev–Trinajstić information content (AvgIpc) is 2.80. The van der Waals surface area contributed by atoms with Crippen molar-refractivity contribution in [3.05, 3.63) is 46.8 Å². The zero-order chi connectivity index (χ0) is 20.7. The number of anilines is 2. The molecule has 0 radical (unpaired) electrons. The molecule has 0 atom stereocenters. The third kappa shape index (κ3) is 3.16. The SMILES string of the molecule is Cn1cnc2cc(N3CCOc4cc(C(=O)N5CCCCC5)cnc43)ncc2c1=O. The van der Waals surface area contributed by atoms with Crippen LogP contribution in [0.4, 0.5) is 11.6 Å². The Hall–Kier alpha value is -3.49. The highest BCUT2D eigenvalue weighted by atomic mass is 16.5. The molecule has 1 amide bonds. The van der Waals surface area contributed by atoms with E-state index in [0.29, 0.717) is 47.0 Å². The molecule has 1 saturated heterocycles. The van der Waals surface area contributed by atoms with Crippen LogP contribution in [0.1, 0.15) is 29.6 Å². The molecular formula is C21H22N6O3. The second kappa shape index (κ2) is 7.40. The monoisotopic (exact) mass is 406 g/mol. The van der Waals surface area contributed by atoms with Crippen molar-refractivity contribution in [2.45, 2.75) is 19.3 Å². The van der Waals surface area contributed by atoms with Crippen LogP contribution in [0.2, 0.25) is 0 Å². The first kappa shape index (κ1) is 18.5. The van der Waals surface area contributed by atoms with E-state index in [1.807, 2.05) is 9.80 Å². The Bertz CT molecular complexity index is 1190. The van der Waals surface area contributed by atoms with Gasteiger partial charge < -0.3 is 19.1 Å². The number of aryl methyl sites for hydroxylation is 1. The van der Waals surface area contributed by atoms with Crippen molar-refractivity contribution < 1.29 is 9.53 Å². The lowest BCUT2D eigenvalue weighted by Crippen LogP contribution is -2.36. The van der Waals surface area contributed by atoms with E-state index in [0.717, 1.165) is 25.9 Å². The summed E-state index contributed by atoms with van der Waals surface area (Å²) < 4.78 is 7.23. The third-order valence-electron chi connectivity index (χ3n) is 5.62. The summed E-state index contributed by atoms with van der Waals surface area (Å²) in [5, 5.41) is 0.465. The molecule has 0 spiro atoms. The van der Waals surface area contributed by atoms with E-state index in [4.69, 9.17) is 4.74 Å². The van der Waals surface area contributed by atoms with Crippen LogP contribution in [0.15, 0.2) is 35.6 Å². The van der Waals surface area contributed by atoms with Gasteiger partial charge in [0.2, 0.25) is 0 Å². The Morgan fingerprint density at radius 1 is 1.03 bits per heavy atom. The highest BCUT2D eigenvalue weighted by Crippen LogP contribution is 2.35. The largest absolute Gasteiger partial charge is 0.488 e. The lowest BCUT2D eigenvalue weighted by Gasteiger charge is -2.30. The van der Waals surface area contributed by atoms with Gasteiger partial charge in [-0.05, 0) is 25.3 Å². The minimum Gasteiger partial charge on any atom is -0.488 e. The van der Waals surface area contributed by atoms with E-state index in [-0.39, 0.29) is 11.5 Å². The van der Waals surface area contributed by atoms with E-state index in [1.54, 1.807) is 31.6 Å². The number of pyridine rings is 2. The number of aromatic nitrogens is 4. The Morgan fingerprint density at radius 2 is 1.87 bits per heavy atom. The smallest absolute Gasteiger partial charge is 0.262 e. The molecule has 5 rings (SSSR count). The Kier molecular flexibility index (Phi) is 4.57. The van der Waals surface area contributed by atoms with Gasteiger partial charge in [0.1, 0.15) is 12.4 Å². The number of carbonyl (C=O) groups is 1. The van der Waals surface area contributed by atoms with E-state index in [9.17, 15) is 9.59 Å². The molecule has 0 aromatic carbocycles. The Labute approximate surface area is 172 Å². The van der Waals surface area contributed by atoms with Crippen LogP contribution in [-0.2, 0) is 7.05 Å². The van der Waals surface area contributed by atoms with Crippen LogP contribution in [0.3, 0.4) is 0 Å². The molecule has 3 aromatic heterocycles. The standard InChI is InChI=1S/C21H22N6O3/c1-25-13-24-16-10-18(22-12-15(16)21(25)29)27-7-8-30-17-9-14(11-23-19(17)27)20(28)26-5-3-2-4-6-26/h9-13H,2-8H2,1H3. The van der Waals surface area contributed by atoms with Gasteiger partial charge in [0.05, 0.1) is 29.3 Å². The minimum absolute atomic E-state index is 0.00500. The molecular weight excluding hydrogens is 384 g/mol. The van der Waals surface area contributed by atoms with Gasteiger partial charge in [-0.1, -0.05) is 0 Å². The molecule has 9 nitrogen and oxygen atoms in total. The second-order valence-electron chi connectivity index (χ2n) is 7.62. The number of likely N-dealkylation sites (tertiary alicyclic amines) is 1. The third-order valence-corrected chi connectivity index (χ3v) is 5.62. The number of hydrogen-bond acceptors (Lipinski definition) is 7. The minimum atomic E-state index is -0.139. The molecule has 9 heteroatoms.